The zero-order valence-electron chi connectivity index (χ0n) is 13.2. The Morgan fingerprint density at radius 2 is 2.05 bits per heavy atom. The molecule has 4 heteroatoms. The highest BCUT2D eigenvalue weighted by Gasteiger charge is 2.21. The van der Waals surface area contributed by atoms with E-state index in [1.807, 2.05) is 6.07 Å². The molecule has 0 saturated carbocycles. The number of hydrogen-bond acceptors (Lipinski definition) is 3. The molecule has 1 N–H and O–H groups in total. The highest BCUT2D eigenvalue weighted by molar-refractivity contribution is 6.31. The van der Waals surface area contributed by atoms with Crippen LogP contribution in [0.5, 0.6) is 0 Å². The number of nitrogens with zero attached hydrogens (tertiary/aromatic N) is 1. The van der Waals surface area contributed by atoms with E-state index in [-0.39, 0.29) is 0 Å². The van der Waals surface area contributed by atoms with Gasteiger partial charge in [0, 0.05) is 42.5 Å². The highest BCUT2D eigenvalue weighted by atomic mass is 35.5. The van der Waals surface area contributed by atoms with Gasteiger partial charge in [0.1, 0.15) is 0 Å². The molecule has 0 spiro atoms. The predicted octanol–water partition coefficient (Wildman–Crippen LogP) is 3.84. The number of halogens is 1. The minimum Gasteiger partial charge on any atom is -0.378 e. The maximum absolute atomic E-state index is 6.41. The smallest absolute Gasteiger partial charge is 0.0608 e. The molecule has 0 atom stereocenters. The average Bonchev–Trinajstić information content (AvgIpc) is 2.50. The molecule has 0 aromatic heterocycles. The molecule has 21 heavy (non-hydrogen) atoms. The van der Waals surface area contributed by atoms with E-state index in [9.17, 15) is 0 Å². The van der Waals surface area contributed by atoms with Gasteiger partial charge in [0.05, 0.1) is 6.10 Å². The first kappa shape index (κ1) is 16.6. The monoisotopic (exact) mass is 310 g/mol. The highest BCUT2D eigenvalue weighted by Crippen LogP contribution is 2.30. The molecule has 0 amide bonds. The molecule has 0 unspecified atom stereocenters. The molecular formula is C17H27ClN2O. The molecule has 0 bridgehead atoms. The molecule has 1 aliphatic rings. The van der Waals surface area contributed by atoms with Crippen molar-refractivity contribution in [3.05, 3.63) is 28.8 Å². The van der Waals surface area contributed by atoms with Crippen LogP contribution in [-0.4, -0.2) is 32.3 Å². The molecule has 1 aromatic rings. The van der Waals surface area contributed by atoms with Crippen LogP contribution in [0.2, 0.25) is 5.02 Å². The summed E-state index contributed by atoms with van der Waals surface area (Å²) in [7, 11) is 0. The Hall–Kier alpha value is -0.770. The second-order valence-corrected chi connectivity index (χ2v) is 5.96. The van der Waals surface area contributed by atoms with Crippen LogP contribution < -0.4 is 10.2 Å². The lowest BCUT2D eigenvalue weighted by molar-refractivity contribution is 0.0459. The Balaban J connectivity index is 2.04. The second kappa shape index (κ2) is 8.62. The van der Waals surface area contributed by atoms with Crippen molar-refractivity contribution < 1.29 is 4.74 Å². The number of ether oxygens (including phenoxy) is 1. The van der Waals surface area contributed by atoms with Crippen molar-refractivity contribution in [2.75, 3.05) is 31.1 Å². The van der Waals surface area contributed by atoms with E-state index in [1.54, 1.807) is 0 Å². The minimum atomic E-state index is 0.423. The zero-order valence-corrected chi connectivity index (χ0v) is 14.0. The zero-order chi connectivity index (χ0) is 15.1. The van der Waals surface area contributed by atoms with E-state index in [1.165, 1.54) is 11.3 Å². The van der Waals surface area contributed by atoms with Gasteiger partial charge in [-0.25, -0.2) is 0 Å². The first-order chi connectivity index (χ1) is 10.3. The molecule has 1 saturated heterocycles. The summed E-state index contributed by atoms with van der Waals surface area (Å²) < 4.78 is 5.74. The summed E-state index contributed by atoms with van der Waals surface area (Å²) in [4.78, 5) is 2.45. The molecule has 1 aliphatic heterocycles. The Morgan fingerprint density at radius 3 is 2.71 bits per heavy atom. The van der Waals surface area contributed by atoms with Crippen LogP contribution in [-0.2, 0) is 11.3 Å². The fraction of sp³-hybridized carbons (Fsp3) is 0.647. The lowest BCUT2D eigenvalue weighted by Crippen LogP contribution is -2.37. The number of anilines is 1. The molecular weight excluding hydrogens is 284 g/mol. The van der Waals surface area contributed by atoms with Gasteiger partial charge >= 0.3 is 0 Å². The van der Waals surface area contributed by atoms with Gasteiger partial charge in [0.2, 0.25) is 0 Å². The molecule has 0 radical (unpaired) electrons. The van der Waals surface area contributed by atoms with E-state index in [4.69, 9.17) is 16.3 Å². The lowest BCUT2D eigenvalue weighted by atomic mass is 10.0. The number of rotatable bonds is 7. The molecule has 1 aromatic carbocycles. The van der Waals surface area contributed by atoms with Crippen LogP contribution in [0.25, 0.3) is 0 Å². The molecule has 1 heterocycles. The molecule has 0 aliphatic carbocycles. The normalized spacial score (nSPS) is 16.4. The largest absolute Gasteiger partial charge is 0.378 e. The van der Waals surface area contributed by atoms with E-state index < -0.39 is 0 Å². The predicted molar refractivity (Wildman–Crippen MR) is 90.3 cm³/mol. The van der Waals surface area contributed by atoms with Crippen molar-refractivity contribution in [2.45, 2.75) is 45.8 Å². The van der Waals surface area contributed by atoms with Crippen LogP contribution in [0.3, 0.4) is 0 Å². The number of benzene rings is 1. The van der Waals surface area contributed by atoms with E-state index in [0.29, 0.717) is 6.10 Å². The van der Waals surface area contributed by atoms with Crippen LogP contribution in [0.1, 0.15) is 38.7 Å². The van der Waals surface area contributed by atoms with E-state index in [0.717, 1.165) is 57.1 Å². The summed E-state index contributed by atoms with van der Waals surface area (Å²) in [6, 6.07) is 6.23. The minimum absolute atomic E-state index is 0.423. The van der Waals surface area contributed by atoms with Crippen molar-refractivity contribution in [2.24, 2.45) is 0 Å². The van der Waals surface area contributed by atoms with E-state index in [2.05, 4.69) is 36.2 Å². The van der Waals surface area contributed by atoms with Crippen molar-refractivity contribution in [3.8, 4) is 0 Å². The van der Waals surface area contributed by atoms with Gasteiger partial charge in [0.25, 0.3) is 0 Å². The Kier molecular flexibility index (Phi) is 6.81. The van der Waals surface area contributed by atoms with Gasteiger partial charge in [0.15, 0.2) is 0 Å². The third kappa shape index (κ3) is 4.60. The van der Waals surface area contributed by atoms with Crippen LogP contribution in [0.4, 0.5) is 5.69 Å². The molecule has 118 valence electrons. The number of nitrogens with one attached hydrogen (secondary N) is 1. The Morgan fingerprint density at radius 1 is 1.29 bits per heavy atom. The summed E-state index contributed by atoms with van der Waals surface area (Å²) in [6.45, 7) is 9.02. The molecule has 1 fully saturated rings. The summed E-state index contributed by atoms with van der Waals surface area (Å²) in [5.74, 6) is 0. The maximum atomic E-state index is 6.41. The van der Waals surface area contributed by atoms with Crippen LogP contribution in [0, 0.1) is 0 Å². The molecule has 3 nitrogen and oxygen atoms in total. The van der Waals surface area contributed by atoms with Gasteiger partial charge < -0.3 is 15.0 Å². The Labute approximate surface area is 133 Å². The number of hydrogen-bond donors (Lipinski definition) is 1. The molecule has 2 rings (SSSR count). The van der Waals surface area contributed by atoms with Crippen molar-refractivity contribution >= 4 is 17.3 Å². The average molecular weight is 311 g/mol. The van der Waals surface area contributed by atoms with Gasteiger partial charge in [-0.2, -0.15) is 0 Å². The third-order valence-corrected chi connectivity index (χ3v) is 4.36. The van der Waals surface area contributed by atoms with Crippen molar-refractivity contribution in [3.63, 3.8) is 0 Å². The van der Waals surface area contributed by atoms with Crippen LogP contribution >= 0.6 is 11.6 Å². The van der Waals surface area contributed by atoms with Gasteiger partial charge in [-0.15, -0.1) is 0 Å². The summed E-state index contributed by atoms with van der Waals surface area (Å²) in [5, 5.41) is 4.33. The van der Waals surface area contributed by atoms with Gasteiger partial charge in [-0.05, 0) is 44.9 Å². The third-order valence-electron chi connectivity index (χ3n) is 4.01. The SMILES string of the molecule is CCCNCc1c(Cl)cccc1N1CCC(OCC)CC1. The number of piperidine rings is 1. The van der Waals surface area contributed by atoms with Gasteiger partial charge in [-0.1, -0.05) is 24.6 Å². The second-order valence-electron chi connectivity index (χ2n) is 5.56. The topological polar surface area (TPSA) is 24.5 Å². The van der Waals surface area contributed by atoms with Crippen molar-refractivity contribution in [1.29, 1.82) is 0 Å². The first-order valence-corrected chi connectivity index (χ1v) is 8.48. The Bertz CT molecular complexity index is 431. The lowest BCUT2D eigenvalue weighted by Gasteiger charge is -2.34. The fourth-order valence-corrected chi connectivity index (χ4v) is 3.14. The van der Waals surface area contributed by atoms with E-state index >= 15 is 0 Å². The maximum Gasteiger partial charge on any atom is 0.0608 e. The van der Waals surface area contributed by atoms with Crippen LogP contribution in [0.15, 0.2) is 18.2 Å². The quantitative estimate of drug-likeness (QED) is 0.774. The van der Waals surface area contributed by atoms with Crippen molar-refractivity contribution in [1.82, 2.24) is 5.32 Å². The summed E-state index contributed by atoms with van der Waals surface area (Å²) in [5.41, 5.74) is 2.50. The van der Waals surface area contributed by atoms with Gasteiger partial charge in [-0.3, -0.25) is 0 Å². The summed E-state index contributed by atoms with van der Waals surface area (Å²) >= 11 is 6.41. The fourth-order valence-electron chi connectivity index (χ4n) is 2.91. The summed E-state index contributed by atoms with van der Waals surface area (Å²) in [6.07, 6.45) is 3.76. The standard InChI is InChI=1S/C17H27ClN2O/c1-3-10-19-13-15-16(18)6-5-7-17(15)20-11-8-14(9-12-20)21-4-2/h5-7,14,19H,3-4,8-13H2,1-2H3. The first-order valence-electron chi connectivity index (χ1n) is 8.10.